The number of piperazine rings is 1. The topological polar surface area (TPSA) is 145 Å². The molecule has 0 atom stereocenters. The Morgan fingerprint density at radius 1 is 1.03 bits per heavy atom. The number of thiazole rings is 1. The summed E-state index contributed by atoms with van der Waals surface area (Å²) in [5, 5.41) is 0. The summed E-state index contributed by atoms with van der Waals surface area (Å²) in [5.41, 5.74) is 1.03. The van der Waals surface area contributed by atoms with E-state index in [0.717, 1.165) is 11.3 Å². The van der Waals surface area contributed by atoms with Crippen molar-refractivity contribution in [3.8, 4) is 0 Å². The zero-order valence-electron chi connectivity index (χ0n) is 21.3. The number of hydrogen-bond donors (Lipinski definition) is 0. The third-order valence-corrected chi connectivity index (χ3v) is 7.99. The predicted octanol–water partition coefficient (Wildman–Crippen LogP) is 1.21. The van der Waals surface area contributed by atoms with Gasteiger partial charge in [0.15, 0.2) is 14.6 Å². The second kappa shape index (κ2) is 12.8. The number of benzene rings is 1. The number of hydrogen-bond acceptors (Lipinski definition) is 9. The first-order chi connectivity index (χ1) is 18.1. The van der Waals surface area contributed by atoms with Crippen LogP contribution in [0.25, 0.3) is 10.2 Å². The molecule has 3 rings (SSSR count). The van der Waals surface area contributed by atoms with Crippen LogP contribution in [0.5, 0.6) is 0 Å². The fourth-order valence-electron chi connectivity index (χ4n) is 3.82. The highest BCUT2D eigenvalue weighted by Gasteiger charge is 2.28. The highest BCUT2D eigenvalue weighted by atomic mass is 32.2. The van der Waals surface area contributed by atoms with Gasteiger partial charge in [-0.15, -0.1) is 6.58 Å². The van der Waals surface area contributed by atoms with Crippen LogP contribution in [0.15, 0.2) is 35.8 Å². The van der Waals surface area contributed by atoms with Crippen molar-refractivity contribution < 1.29 is 37.1 Å². The highest BCUT2D eigenvalue weighted by molar-refractivity contribution is 7.92. The van der Waals surface area contributed by atoms with Crippen molar-refractivity contribution in [1.29, 1.82) is 0 Å². The number of nitrogens with zero attached hydrogens (tertiary/aromatic N) is 4. The van der Waals surface area contributed by atoms with E-state index in [1.54, 1.807) is 42.7 Å². The molecule has 3 amide bonds. The molecule has 38 heavy (non-hydrogen) atoms. The Hall–Kier alpha value is -3.52. The van der Waals surface area contributed by atoms with Gasteiger partial charge in [-0.05, 0) is 32.0 Å². The van der Waals surface area contributed by atoms with E-state index in [1.165, 1.54) is 9.80 Å². The third-order valence-electron chi connectivity index (χ3n) is 5.57. The molecule has 1 aliphatic rings. The minimum Gasteiger partial charge on any atom is -0.462 e. The summed E-state index contributed by atoms with van der Waals surface area (Å²) in [6, 6.07) is 4.92. The van der Waals surface area contributed by atoms with Gasteiger partial charge in [-0.3, -0.25) is 9.59 Å². The summed E-state index contributed by atoms with van der Waals surface area (Å²) in [4.78, 5) is 56.1. The number of esters is 1. The Morgan fingerprint density at radius 3 is 2.32 bits per heavy atom. The molecule has 0 radical (unpaired) electrons. The summed E-state index contributed by atoms with van der Waals surface area (Å²) in [6.45, 7) is 8.67. The molecule has 2 heterocycles. The first kappa shape index (κ1) is 29.0. The van der Waals surface area contributed by atoms with Crippen LogP contribution in [-0.4, -0.2) is 97.6 Å². The molecule has 1 aromatic heterocycles. The van der Waals surface area contributed by atoms with Gasteiger partial charge in [0.25, 0.3) is 5.91 Å². The second-order valence-electron chi connectivity index (χ2n) is 8.29. The van der Waals surface area contributed by atoms with Crippen molar-refractivity contribution in [3.63, 3.8) is 0 Å². The first-order valence-corrected chi connectivity index (χ1v) is 14.6. The van der Waals surface area contributed by atoms with E-state index in [9.17, 15) is 27.6 Å². The van der Waals surface area contributed by atoms with Crippen LogP contribution in [0.3, 0.4) is 0 Å². The van der Waals surface area contributed by atoms with Crippen molar-refractivity contribution in [3.05, 3.63) is 41.2 Å². The fourth-order valence-corrected chi connectivity index (χ4v) is 6.01. The van der Waals surface area contributed by atoms with Crippen LogP contribution >= 0.6 is 11.3 Å². The molecule has 0 unspecified atom stereocenters. The highest BCUT2D eigenvalue weighted by Crippen LogP contribution is 2.20. The maximum Gasteiger partial charge on any atom is 0.409 e. The summed E-state index contributed by atoms with van der Waals surface area (Å²) in [5.74, 6) is -3.81. The second-order valence-corrected chi connectivity index (χ2v) is 11.4. The van der Waals surface area contributed by atoms with Gasteiger partial charge in [0, 0.05) is 32.7 Å². The van der Waals surface area contributed by atoms with Crippen LogP contribution in [0.1, 0.15) is 24.2 Å². The van der Waals surface area contributed by atoms with Gasteiger partial charge < -0.3 is 23.8 Å². The van der Waals surface area contributed by atoms with Crippen molar-refractivity contribution in [2.24, 2.45) is 4.99 Å². The minimum atomic E-state index is -4.09. The van der Waals surface area contributed by atoms with Crippen molar-refractivity contribution in [2.75, 3.05) is 50.9 Å². The van der Waals surface area contributed by atoms with E-state index >= 15 is 0 Å². The van der Waals surface area contributed by atoms with Crippen LogP contribution in [0, 0.1) is 0 Å². The number of ether oxygens (including phenoxy) is 2. The molecule has 0 saturated carbocycles. The summed E-state index contributed by atoms with van der Waals surface area (Å²) < 4.78 is 37.5. The minimum absolute atomic E-state index is 0.169. The molecule has 14 heteroatoms. The lowest BCUT2D eigenvalue weighted by Gasteiger charge is -2.34. The van der Waals surface area contributed by atoms with E-state index in [1.807, 2.05) is 0 Å². The van der Waals surface area contributed by atoms with E-state index < -0.39 is 45.2 Å². The molecule has 1 aliphatic heterocycles. The third kappa shape index (κ3) is 7.28. The Labute approximate surface area is 224 Å². The summed E-state index contributed by atoms with van der Waals surface area (Å²) in [7, 11) is -4.09. The number of rotatable bonds is 9. The monoisotopic (exact) mass is 566 g/mol. The SMILES string of the molecule is C=CCn1c(=NC(=O)CS(=O)(=O)CC(=O)N2CCN(C(=O)OCC)CC2)sc2cc(C(=O)OCC)ccc21. The average Bonchev–Trinajstić information content (AvgIpc) is 3.19. The predicted molar refractivity (Wildman–Crippen MR) is 140 cm³/mol. The van der Waals surface area contributed by atoms with E-state index in [0.29, 0.717) is 22.3 Å². The quantitative estimate of drug-likeness (QED) is 0.325. The Kier molecular flexibility index (Phi) is 9.80. The number of fused-ring (bicyclic) bond motifs is 1. The molecular weight excluding hydrogens is 536 g/mol. The molecule has 1 saturated heterocycles. The van der Waals surface area contributed by atoms with Gasteiger partial charge in [-0.25, -0.2) is 18.0 Å². The standard InChI is InChI=1S/C24H30N4O8S2/c1-4-9-28-18-8-7-17(22(31)35-5-2)14-19(18)37-23(28)25-20(29)15-38(33,34)16-21(30)26-10-12-27(13-11-26)24(32)36-6-3/h4,7-8,14H,1,5-6,9-13,15-16H2,2-3H3. The van der Waals surface area contributed by atoms with Gasteiger partial charge in [-0.1, -0.05) is 17.4 Å². The van der Waals surface area contributed by atoms with Crippen LogP contribution < -0.4 is 4.80 Å². The van der Waals surface area contributed by atoms with Crippen LogP contribution in [-0.2, 0) is 35.4 Å². The number of allylic oxidation sites excluding steroid dienone is 1. The molecule has 2 aromatic rings. The number of aromatic nitrogens is 1. The van der Waals surface area contributed by atoms with E-state index in [2.05, 4.69) is 11.6 Å². The van der Waals surface area contributed by atoms with Gasteiger partial charge in [-0.2, -0.15) is 4.99 Å². The lowest BCUT2D eigenvalue weighted by atomic mass is 10.2. The zero-order valence-corrected chi connectivity index (χ0v) is 22.9. The van der Waals surface area contributed by atoms with Crippen LogP contribution in [0.4, 0.5) is 4.79 Å². The molecule has 12 nitrogen and oxygen atoms in total. The van der Waals surface area contributed by atoms with Gasteiger partial charge in [0.05, 0.1) is 29.0 Å². The van der Waals surface area contributed by atoms with E-state index in [4.69, 9.17) is 9.47 Å². The van der Waals surface area contributed by atoms with Gasteiger partial charge >= 0.3 is 12.1 Å². The normalized spacial score (nSPS) is 14.4. The first-order valence-electron chi connectivity index (χ1n) is 12.0. The molecule has 1 fully saturated rings. The largest absolute Gasteiger partial charge is 0.462 e. The number of amides is 3. The van der Waals surface area contributed by atoms with Crippen LogP contribution in [0.2, 0.25) is 0 Å². The molecule has 0 N–H and O–H groups in total. The fraction of sp³-hybridized carbons (Fsp3) is 0.458. The van der Waals surface area contributed by atoms with Gasteiger partial charge in [0.2, 0.25) is 5.91 Å². The molecule has 1 aromatic carbocycles. The smallest absolute Gasteiger partial charge is 0.409 e. The summed E-state index contributed by atoms with van der Waals surface area (Å²) >= 11 is 1.12. The van der Waals surface area contributed by atoms with E-state index in [-0.39, 0.29) is 44.2 Å². The number of carbonyl (C=O) groups excluding carboxylic acids is 4. The molecule has 206 valence electrons. The van der Waals surface area contributed by atoms with Crippen molar-refractivity contribution in [1.82, 2.24) is 14.4 Å². The molecular formula is C24H30N4O8S2. The molecule has 0 spiro atoms. The maximum absolute atomic E-state index is 12.6. The molecule has 0 bridgehead atoms. The number of sulfone groups is 1. The average molecular weight is 567 g/mol. The van der Waals surface area contributed by atoms with Crippen molar-refractivity contribution >= 4 is 55.3 Å². The lowest BCUT2D eigenvalue weighted by molar-refractivity contribution is -0.130. The zero-order chi connectivity index (χ0) is 27.9. The summed E-state index contributed by atoms with van der Waals surface area (Å²) in [6.07, 6.45) is 1.12. The lowest BCUT2D eigenvalue weighted by Crippen LogP contribution is -2.52. The Bertz CT molecular complexity index is 1400. The van der Waals surface area contributed by atoms with Crippen molar-refractivity contribution in [2.45, 2.75) is 20.4 Å². The number of carbonyl (C=O) groups is 4. The Balaban J connectivity index is 1.71. The van der Waals surface area contributed by atoms with Gasteiger partial charge in [0.1, 0.15) is 11.5 Å². The Morgan fingerprint density at radius 2 is 1.68 bits per heavy atom. The maximum atomic E-state index is 12.6. The molecule has 0 aliphatic carbocycles.